The monoisotopic (exact) mass is 449 g/mol. The van der Waals surface area contributed by atoms with E-state index in [4.69, 9.17) is 4.74 Å². The van der Waals surface area contributed by atoms with Crippen LogP contribution in [0.3, 0.4) is 0 Å². The number of hydrogen-bond acceptors (Lipinski definition) is 5. The molecule has 3 atom stereocenters. The predicted octanol–water partition coefficient (Wildman–Crippen LogP) is 4.36. The normalized spacial score (nSPS) is 20.1. The molecule has 2 amide bonds. The molecule has 1 heterocycles. The number of rotatable bonds is 6. The number of amides is 2. The van der Waals surface area contributed by atoms with Crippen molar-refractivity contribution in [1.82, 2.24) is 10.2 Å². The molecule has 1 N–H and O–H groups in total. The quantitative estimate of drug-likeness (QED) is 0.698. The highest BCUT2D eigenvalue weighted by atomic mass is 32.2. The number of thioether (sulfide) groups is 1. The van der Waals surface area contributed by atoms with E-state index in [1.54, 1.807) is 20.8 Å². The maximum absolute atomic E-state index is 14.0. The van der Waals surface area contributed by atoms with Gasteiger partial charge in [0.1, 0.15) is 23.9 Å². The lowest BCUT2D eigenvalue weighted by atomic mass is 10.0. The van der Waals surface area contributed by atoms with E-state index < -0.39 is 40.6 Å². The first kappa shape index (κ1) is 25.0. The van der Waals surface area contributed by atoms with Gasteiger partial charge in [0, 0.05) is 16.9 Å². The lowest BCUT2D eigenvalue weighted by Crippen LogP contribution is -2.58. The van der Waals surface area contributed by atoms with Gasteiger partial charge in [-0.1, -0.05) is 29.8 Å². The molecule has 170 valence electrons. The van der Waals surface area contributed by atoms with E-state index in [1.807, 2.05) is 51.1 Å². The molecule has 0 unspecified atom stereocenters. The standard InChI is InChI=1S/C23H32FN3O3S/c1-15-7-9-16(10-8-15)14-31-23(5,6)19(26-21(29)30-22(2,3)4)20(28)27-13-17(24)11-18(27)12-25/h7-10,17-19H,11,13-14H2,1-6H3,(H,26,29)/t17-,18-,19+/m0/s1. The number of nitriles is 1. The third-order valence-electron chi connectivity index (χ3n) is 5.02. The number of hydrogen-bond donors (Lipinski definition) is 1. The van der Waals surface area contributed by atoms with Crippen LogP contribution < -0.4 is 5.32 Å². The molecule has 0 radical (unpaired) electrons. The number of carbonyl (C=O) groups excluding carboxylic acids is 2. The first-order valence-corrected chi connectivity index (χ1v) is 11.3. The number of nitrogens with zero attached hydrogens (tertiary/aromatic N) is 2. The van der Waals surface area contributed by atoms with Crippen LogP contribution in [0.15, 0.2) is 24.3 Å². The second kappa shape index (κ2) is 9.90. The van der Waals surface area contributed by atoms with Gasteiger partial charge in [-0.3, -0.25) is 4.79 Å². The van der Waals surface area contributed by atoms with Crippen molar-refractivity contribution in [3.8, 4) is 6.07 Å². The molecule has 1 aliphatic heterocycles. The number of likely N-dealkylation sites (tertiary alicyclic amines) is 1. The van der Waals surface area contributed by atoms with Crippen molar-refractivity contribution < 1.29 is 18.7 Å². The van der Waals surface area contributed by atoms with Crippen molar-refractivity contribution in [2.45, 2.75) is 82.3 Å². The van der Waals surface area contributed by atoms with Gasteiger partial charge in [-0.15, -0.1) is 11.8 Å². The zero-order valence-electron chi connectivity index (χ0n) is 19.1. The van der Waals surface area contributed by atoms with E-state index in [9.17, 15) is 19.2 Å². The number of nitrogens with one attached hydrogen (secondary N) is 1. The minimum absolute atomic E-state index is 0.0155. The molecule has 31 heavy (non-hydrogen) atoms. The molecule has 0 bridgehead atoms. The van der Waals surface area contributed by atoms with E-state index in [0.29, 0.717) is 5.75 Å². The Bertz CT molecular complexity index is 830. The second-order valence-electron chi connectivity index (χ2n) is 9.43. The molecule has 0 aliphatic carbocycles. The highest BCUT2D eigenvalue weighted by Gasteiger charge is 2.45. The zero-order chi connectivity index (χ0) is 23.4. The Morgan fingerprint density at radius 1 is 1.29 bits per heavy atom. The van der Waals surface area contributed by atoms with Crippen LogP contribution in [0.2, 0.25) is 0 Å². The Kier molecular flexibility index (Phi) is 7.98. The van der Waals surface area contributed by atoms with Crippen LogP contribution in [0.25, 0.3) is 0 Å². The molecule has 8 heteroatoms. The molecule has 1 fully saturated rings. The summed E-state index contributed by atoms with van der Waals surface area (Å²) in [6.07, 6.45) is -1.99. The van der Waals surface area contributed by atoms with E-state index in [-0.39, 0.29) is 13.0 Å². The van der Waals surface area contributed by atoms with Gasteiger partial charge in [0.05, 0.1) is 12.6 Å². The number of aryl methyl sites for hydroxylation is 1. The maximum Gasteiger partial charge on any atom is 0.408 e. The number of alkyl carbamates (subject to hydrolysis) is 1. The third kappa shape index (κ3) is 7.13. The first-order chi connectivity index (χ1) is 14.3. The largest absolute Gasteiger partial charge is 0.444 e. The van der Waals surface area contributed by atoms with Crippen molar-refractivity contribution in [3.63, 3.8) is 0 Å². The maximum atomic E-state index is 14.0. The van der Waals surface area contributed by atoms with Crippen LogP contribution in [-0.2, 0) is 15.3 Å². The molecular formula is C23H32FN3O3S. The summed E-state index contributed by atoms with van der Waals surface area (Å²) in [7, 11) is 0. The van der Waals surface area contributed by atoms with Gasteiger partial charge < -0.3 is 15.0 Å². The van der Waals surface area contributed by atoms with Crippen molar-refractivity contribution >= 4 is 23.8 Å². The average Bonchev–Trinajstić information content (AvgIpc) is 3.04. The van der Waals surface area contributed by atoms with Gasteiger partial charge in [-0.05, 0) is 47.1 Å². The Morgan fingerprint density at radius 2 is 1.90 bits per heavy atom. The summed E-state index contributed by atoms with van der Waals surface area (Å²) in [5.41, 5.74) is 1.51. The van der Waals surface area contributed by atoms with E-state index >= 15 is 0 Å². The Labute approximate surface area is 188 Å². The number of halogens is 1. The summed E-state index contributed by atoms with van der Waals surface area (Å²) in [5, 5.41) is 12.1. The van der Waals surface area contributed by atoms with Crippen LogP contribution in [0, 0.1) is 18.3 Å². The molecule has 1 aromatic carbocycles. The third-order valence-corrected chi connectivity index (χ3v) is 6.47. The number of carbonyl (C=O) groups is 2. The summed E-state index contributed by atoms with van der Waals surface area (Å²) >= 11 is 1.51. The molecule has 1 saturated heterocycles. The number of benzene rings is 1. The fraction of sp³-hybridized carbons (Fsp3) is 0.609. The smallest absolute Gasteiger partial charge is 0.408 e. The van der Waals surface area contributed by atoms with Crippen LogP contribution in [-0.4, -0.2) is 52.0 Å². The van der Waals surface area contributed by atoms with Gasteiger partial charge in [-0.2, -0.15) is 5.26 Å². The summed E-state index contributed by atoms with van der Waals surface area (Å²) in [4.78, 5) is 27.1. The summed E-state index contributed by atoms with van der Waals surface area (Å²) in [6.45, 7) is 10.8. The fourth-order valence-corrected chi connectivity index (χ4v) is 4.37. The molecule has 1 aromatic rings. The van der Waals surface area contributed by atoms with Gasteiger partial charge in [0.25, 0.3) is 0 Å². The van der Waals surface area contributed by atoms with Crippen molar-refractivity contribution in [2.24, 2.45) is 0 Å². The topological polar surface area (TPSA) is 82.4 Å². The van der Waals surface area contributed by atoms with Crippen LogP contribution in [0.1, 0.15) is 52.2 Å². The van der Waals surface area contributed by atoms with Gasteiger partial charge in [0.2, 0.25) is 5.91 Å². The highest BCUT2D eigenvalue weighted by molar-refractivity contribution is 7.99. The molecule has 0 saturated carbocycles. The lowest BCUT2D eigenvalue weighted by molar-refractivity contribution is -0.134. The summed E-state index contributed by atoms with van der Waals surface area (Å²) < 4.78 is 18.6. The predicted molar refractivity (Wildman–Crippen MR) is 120 cm³/mol. The molecule has 0 spiro atoms. The highest BCUT2D eigenvalue weighted by Crippen LogP contribution is 2.34. The number of ether oxygens (including phenoxy) is 1. The van der Waals surface area contributed by atoms with Gasteiger partial charge >= 0.3 is 6.09 Å². The SMILES string of the molecule is Cc1ccc(CSC(C)(C)[C@H](NC(=O)OC(C)(C)C)C(=O)N2C[C@@H](F)C[C@H]2C#N)cc1. The molecule has 2 rings (SSSR count). The molecule has 1 aliphatic rings. The Balaban J connectivity index is 2.24. The van der Waals surface area contributed by atoms with Crippen molar-refractivity contribution in [1.29, 1.82) is 5.26 Å². The average molecular weight is 450 g/mol. The van der Waals surface area contributed by atoms with Crippen molar-refractivity contribution in [2.75, 3.05) is 6.54 Å². The van der Waals surface area contributed by atoms with E-state index in [2.05, 4.69) is 5.32 Å². The number of alkyl halides is 1. The fourth-order valence-electron chi connectivity index (χ4n) is 3.31. The van der Waals surface area contributed by atoms with E-state index in [0.717, 1.165) is 11.1 Å². The van der Waals surface area contributed by atoms with Crippen LogP contribution >= 0.6 is 11.8 Å². The zero-order valence-corrected chi connectivity index (χ0v) is 19.9. The summed E-state index contributed by atoms with van der Waals surface area (Å²) in [6, 6.07) is 8.26. The molecule has 0 aromatic heterocycles. The Hall–Kier alpha value is -2.27. The first-order valence-electron chi connectivity index (χ1n) is 10.4. The minimum atomic E-state index is -1.25. The second-order valence-corrected chi connectivity index (χ2v) is 11.1. The minimum Gasteiger partial charge on any atom is -0.444 e. The Morgan fingerprint density at radius 3 is 2.45 bits per heavy atom. The molecule has 6 nitrogen and oxygen atoms in total. The summed E-state index contributed by atoms with van der Waals surface area (Å²) in [5.74, 6) is 0.152. The van der Waals surface area contributed by atoms with E-state index in [1.165, 1.54) is 16.7 Å². The van der Waals surface area contributed by atoms with Gasteiger partial charge in [0.15, 0.2) is 0 Å². The van der Waals surface area contributed by atoms with Crippen LogP contribution in [0.4, 0.5) is 9.18 Å². The van der Waals surface area contributed by atoms with Crippen molar-refractivity contribution in [3.05, 3.63) is 35.4 Å². The molecular weight excluding hydrogens is 417 g/mol. The van der Waals surface area contributed by atoms with Gasteiger partial charge in [-0.25, -0.2) is 9.18 Å². The lowest BCUT2D eigenvalue weighted by Gasteiger charge is -2.36. The van der Waals surface area contributed by atoms with Crippen LogP contribution in [0.5, 0.6) is 0 Å².